The molecule has 0 radical (unpaired) electrons. The van der Waals surface area contributed by atoms with E-state index in [-0.39, 0.29) is 5.82 Å². The zero-order valence-electron chi connectivity index (χ0n) is 8.12. The van der Waals surface area contributed by atoms with Gasteiger partial charge in [0.25, 0.3) is 0 Å². The molecule has 76 valence electrons. The molecule has 1 aromatic carbocycles. The zero-order valence-corrected chi connectivity index (χ0v) is 8.12. The number of benzene rings is 1. The second-order valence-corrected chi connectivity index (χ2v) is 4.10. The first-order chi connectivity index (χ1) is 6.75. The Morgan fingerprint density at radius 3 is 2.43 bits per heavy atom. The van der Waals surface area contributed by atoms with E-state index >= 15 is 0 Å². The van der Waals surface area contributed by atoms with Gasteiger partial charge in [0, 0.05) is 0 Å². The Balaban J connectivity index is 1.95. The second kappa shape index (κ2) is 4.09. The van der Waals surface area contributed by atoms with Crippen LogP contribution in [0.1, 0.15) is 37.4 Å². The van der Waals surface area contributed by atoms with Gasteiger partial charge in [-0.25, -0.2) is 4.39 Å². The fourth-order valence-electron chi connectivity index (χ4n) is 1.87. The highest BCUT2D eigenvalue weighted by Crippen LogP contribution is 2.34. The lowest BCUT2D eigenvalue weighted by molar-refractivity contribution is 0.118. The van der Waals surface area contributed by atoms with E-state index in [1.54, 1.807) is 12.1 Å². The average Bonchev–Trinajstić information content (AvgIpc) is 2.12. The summed E-state index contributed by atoms with van der Waals surface area (Å²) >= 11 is 0. The molecule has 1 atom stereocenters. The van der Waals surface area contributed by atoms with Crippen molar-refractivity contribution in [3.63, 3.8) is 0 Å². The summed E-state index contributed by atoms with van der Waals surface area (Å²) < 4.78 is 12.6. The van der Waals surface area contributed by atoms with Gasteiger partial charge in [-0.05, 0) is 30.0 Å². The molecule has 1 saturated carbocycles. The maximum Gasteiger partial charge on any atom is 0.123 e. The summed E-state index contributed by atoms with van der Waals surface area (Å²) in [5, 5.41) is 9.82. The third kappa shape index (κ3) is 2.13. The van der Waals surface area contributed by atoms with Crippen molar-refractivity contribution in [3.8, 4) is 0 Å². The van der Waals surface area contributed by atoms with Crippen molar-refractivity contribution in [2.24, 2.45) is 5.92 Å². The summed E-state index contributed by atoms with van der Waals surface area (Å²) in [4.78, 5) is 0. The van der Waals surface area contributed by atoms with Gasteiger partial charge in [0.15, 0.2) is 0 Å². The van der Waals surface area contributed by atoms with Crippen LogP contribution >= 0.6 is 0 Å². The Bertz CT molecular complexity index is 290. The number of aliphatic hydroxyl groups is 1. The first-order valence-corrected chi connectivity index (χ1v) is 5.19. The van der Waals surface area contributed by atoms with Crippen molar-refractivity contribution in [2.75, 3.05) is 0 Å². The monoisotopic (exact) mass is 194 g/mol. The standard InChI is InChI=1S/C12H15FO/c13-11-6-4-10(5-7-11)12(14)8-9-2-1-3-9/h4-7,9,12,14H,1-3,8H2. The Kier molecular flexibility index (Phi) is 2.82. The lowest BCUT2D eigenvalue weighted by Crippen LogP contribution is -2.14. The van der Waals surface area contributed by atoms with Crippen LogP contribution in [0, 0.1) is 11.7 Å². The van der Waals surface area contributed by atoms with Crippen LogP contribution in [0.15, 0.2) is 24.3 Å². The van der Waals surface area contributed by atoms with Crippen LogP contribution in [-0.2, 0) is 0 Å². The van der Waals surface area contributed by atoms with Crippen LogP contribution in [0.25, 0.3) is 0 Å². The smallest absolute Gasteiger partial charge is 0.123 e. The Hall–Kier alpha value is -0.890. The number of rotatable bonds is 3. The summed E-state index contributed by atoms with van der Waals surface area (Å²) in [6.07, 6.45) is 4.17. The Morgan fingerprint density at radius 1 is 1.29 bits per heavy atom. The van der Waals surface area contributed by atoms with Crippen LogP contribution in [0.3, 0.4) is 0 Å². The molecule has 0 saturated heterocycles. The normalized spacial score (nSPS) is 19.0. The summed E-state index contributed by atoms with van der Waals surface area (Å²) in [6, 6.07) is 6.13. The SMILES string of the molecule is OC(CC1CCC1)c1ccc(F)cc1. The van der Waals surface area contributed by atoms with Gasteiger partial charge in [0.1, 0.15) is 5.82 Å². The van der Waals surface area contributed by atoms with E-state index in [9.17, 15) is 9.50 Å². The topological polar surface area (TPSA) is 20.2 Å². The molecule has 1 nitrogen and oxygen atoms in total. The minimum Gasteiger partial charge on any atom is -0.388 e. The molecule has 14 heavy (non-hydrogen) atoms. The van der Waals surface area contributed by atoms with E-state index in [2.05, 4.69) is 0 Å². The van der Waals surface area contributed by atoms with Gasteiger partial charge in [0.05, 0.1) is 6.10 Å². The van der Waals surface area contributed by atoms with Crippen molar-refractivity contribution in [2.45, 2.75) is 31.8 Å². The molecule has 1 unspecified atom stereocenters. The Morgan fingerprint density at radius 2 is 1.93 bits per heavy atom. The van der Waals surface area contributed by atoms with Gasteiger partial charge in [0.2, 0.25) is 0 Å². The third-order valence-electron chi connectivity index (χ3n) is 3.04. The molecular weight excluding hydrogens is 179 g/mol. The van der Waals surface area contributed by atoms with Gasteiger partial charge in [-0.2, -0.15) is 0 Å². The largest absolute Gasteiger partial charge is 0.388 e. The zero-order chi connectivity index (χ0) is 9.97. The first kappa shape index (κ1) is 9.66. The van der Waals surface area contributed by atoms with Gasteiger partial charge < -0.3 is 5.11 Å². The van der Waals surface area contributed by atoms with Crippen molar-refractivity contribution >= 4 is 0 Å². The number of aliphatic hydroxyl groups excluding tert-OH is 1. The quantitative estimate of drug-likeness (QED) is 0.784. The van der Waals surface area contributed by atoms with Crippen LogP contribution in [0.5, 0.6) is 0 Å². The second-order valence-electron chi connectivity index (χ2n) is 4.10. The van der Waals surface area contributed by atoms with Crippen LogP contribution in [0.2, 0.25) is 0 Å². The molecule has 1 aromatic rings. The molecule has 0 bridgehead atoms. The fourth-order valence-corrected chi connectivity index (χ4v) is 1.87. The van der Waals surface area contributed by atoms with E-state index in [1.807, 2.05) is 0 Å². The van der Waals surface area contributed by atoms with E-state index in [0.717, 1.165) is 12.0 Å². The molecule has 2 rings (SSSR count). The van der Waals surface area contributed by atoms with Crippen LogP contribution < -0.4 is 0 Å². The van der Waals surface area contributed by atoms with Crippen molar-refractivity contribution < 1.29 is 9.50 Å². The highest BCUT2D eigenvalue weighted by molar-refractivity contribution is 5.18. The third-order valence-corrected chi connectivity index (χ3v) is 3.04. The molecule has 1 N–H and O–H groups in total. The maximum absolute atomic E-state index is 12.6. The van der Waals surface area contributed by atoms with Gasteiger partial charge in [-0.1, -0.05) is 31.4 Å². The predicted molar refractivity (Wildman–Crippen MR) is 53.3 cm³/mol. The average molecular weight is 194 g/mol. The lowest BCUT2D eigenvalue weighted by atomic mass is 9.80. The molecule has 1 aliphatic carbocycles. The van der Waals surface area contributed by atoms with E-state index in [0.29, 0.717) is 5.92 Å². The highest BCUT2D eigenvalue weighted by Gasteiger charge is 2.21. The fraction of sp³-hybridized carbons (Fsp3) is 0.500. The van der Waals surface area contributed by atoms with E-state index < -0.39 is 6.10 Å². The first-order valence-electron chi connectivity index (χ1n) is 5.19. The van der Waals surface area contributed by atoms with Crippen molar-refractivity contribution in [1.29, 1.82) is 0 Å². The molecule has 0 aliphatic heterocycles. The van der Waals surface area contributed by atoms with Gasteiger partial charge >= 0.3 is 0 Å². The molecule has 0 amide bonds. The number of hydrogen-bond donors (Lipinski definition) is 1. The summed E-state index contributed by atoms with van der Waals surface area (Å²) in [7, 11) is 0. The molecule has 1 fully saturated rings. The highest BCUT2D eigenvalue weighted by atomic mass is 19.1. The molecule has 0 spiro atoms. The van der Waals surface area contributed by atoms with E-state index in [4.69, 9.17) is 0 Å². The van der Waals surface area contributed by atoms with Crippen LogP contribution in [-0.4, -0.2) is 5.11 Å². The number of halogens is 1. The van der Waals surface area contributed by atoms with Crippen molar-refractivity contribution in [3.05, 3.63) is 35.6 Å². The molecule has 2 heteroatoms. The predicted octanol–water partition coefficient (Wildman–Crippen LogP) is 3.05. The summed E-state index contributed by atoms with van der Waals surface area (Å²) in [5.74, 6) is 0.430. The maximum atomic E-state index is 12.6. The summed E-state index contributed by atoms with van der Waals surface area (Å²) in [6.45, 7) is 0. The lowest BCUT2D eigenvalue weighted by Gasteiger charge is -2.27. The number of hydrogen-bond acceptors (Lipinski definition) is 1. The van der Waals surface area contributed by atoms with Gasteiger partial charge in [-0.15, -0.1) is 0 Å². The minimum atomic E-state index is -0.416. The molecule has 1 aliphatic rings. The Labute approximate surface area is 83.6 Å². The molecule has 0 aromatic heterocycles. The minimum absolute atomic E-state index is 0.246. The van der Waals surface area contributed by atoms with Crippen LogP contribution in [0.4, 0.5) is 4.39 Å². The molecular formula is C12H15FO. The molecule has 0 heterocycles. The summed E-state index contributed by atoms with van der Waals surface area (Å²) in [5.41, 5.74) is 0.832. The van der Waals surface area contributed by atoms with Gasteiger partial charge in [-0.3, -0.25) is 0 Å². The van der Waals surface area contributed by atoms with Crippen molar-refractivity contribution in [1.82, 2.24) is 0 Å². The van der Waals surface area contributed by atoms with E-state index in [1.165, 1.54) is 31.4 Å².